The predicted molar refractivity (Wildman–Crippen MR) is 32.5 cm³/mol. The fourth-order valence-electron chi connectivity index (χ4n) is 0.471. The summed E-state index contributed by atoms with van der Waals surface area (Å²) in [5.74, 6) is 0.440. The molecular formula is C5H5N3O. The molecule has 0 bridgehead atoms. The molecule has 1 rings (SSSR count). The molecule has 0 saturated heterocycles. The van der Waals surface area contributed by atoms with Crippen molar-refractivity contribution in [3.63, 3.8) is 0 Å². The van der Waals surface area contributed by atoms with E-state index in [4.69, 9.17) is 0 Å². The van der Waals surface area contributed by atoms with Crippen molar-refractivity contribution in [3.8, 4) is 0 Å². The minimum atomic E-state index is -0.521. The fourth-order valence-corrected chi connectivity index (χ4v) is 0.471. The van der Waals surface area contributed by atoms with E-state index < -0.39 is 6.03 Å². The van der Waals surface area contributed by atoms with Crippen LogP contribution in [0.15, 0.2) is 27.9 Å². The van der Waals surface area contributed by atoms with Crippen molar-refractivity contribution in [1.82, 2.24) is 0 Å². The molecule has 1 heterocycles. The number of hydrogen-bond donors (Lipinski definition) is 0. The molecule has 1 aliphatic rings. The minimum Gasteiger partial charge on any atom is -0.242 e. The summed E-state index contributed by atoms with van der Waals surface area (Å²) in [4.78, 5) is 13.7. The van der Waals surface area contributed by atoms with Crippen LogP contribution in [0.3, 0.4) is 0 Å². The van der Waals surface area contributed by atoms with E-state index in [2.05, 4.69) is 21.8 Å². The van der Waals surface area contributed by atoms with Crippen LogP contribution in [-0.4, -0.2) is 11.9 Å². The second kappa shape index (κ2) is 2.30. The number of urea groups is 1. The quantitative estimate of drug-likeness (QED) is 0.514. The van der Waals surface area contributed by atoms with Gasteiger partial charge in [-0.05, 0) is 0 Å². The Morgan fingerprint density at radius 2 is 2.33 bits per heavy atom. The molecule has 1 aliphatic heterocycles. The summed E-state index contributed by atoms with van der Waals surface area (Å²) in [6, 6.07) is -0.521. The van der Waals surface area contributed by atoms with E-state index in [-0.39, 0.29) is 0 Å². The Morgan fingerprint density at radius 3 is 2.78 bits per heavy atom. The average molecular weight is 123 g/mol. The number of aliphatic imine (C=N–C) groups is 1. The van der Waals surface area contributed by atoms with Gasteiger partial charge >= 0.3 is 6.03 Å². The van der Waals surface area contributed by atoms with Gasteiger partial charge in [-0.15, -0.1) is 11.7 Å². The van der Waals surface area contributed by atoms with Crippen LogP contribution in [0.5, 0.6) is 0 Å². The highest BCUT2D eigenvalue weighted by molar-refractivity contribution is 5.99. The molecule has 0 aliphatic carbocycles. The second-order valence-corrected chi connectivity index (χ2v) is 1.50. The van der Waals surface area contributed by atoms with Gasteiger partial charge in [0.1, 0.15) is 0 Å². The Hall–Kier alpha value is -1.32. The van der Waals surface area contributed by atoms with Gasteiger partial charge in [0, 0.05) is 6.42 Å². The zero-order valence-corrected chi connectivity index (χ0v) is 4.74. The third-order valence-corrected chi connectivity index (χ3v) is 0.803. The Morgan fingerprint density at radius 1 is 1.56 bits per heavy atom. The zero-order valence-electron chi connectivity index (χ0n) is 4.74. The highest BCUT2D eigenvalue weighted by atomic mass is 16.2. The standard InChI is InChI=1S/C5H5N3O/c1-2-3-4-6-5(9)8-7-4/h2H,1,3H2. The summed E-state index contributed by atoms with van der Waals surface area (Å²) >= 11 is 0. The number of carbonyl (C=O) groups excluding carboxylic acids is 1. The lowest BCUT2D eigenvalue weighted by Gasteiger charge is -1.80. The van der Waals surface area contributed by atoms with Crippen molar-refractivity contribution in [2.45, 2.75) is 6.42 Å². The molecule has 0 aromatic carbocycles. The predicted octanol–water partition coefficient (Wildman–Crippen LogP) is 1.55. The lowest BCUT2D eigenvalue weighted by molar-refractivity contribution is 0.257. The van der Waals surface area contributed by atoms with Gasteiger partial charge in [-0.3, -0.25) is 0 Å². The van der Waals surface area contributed by atoms with Crippen LogP contribution in [-0.2, 0) is 0 Å². The van der Waals surface area contributed by atoms with E-state index in [0.717, 1.165) is 0 Å². The normalized spacial score (nSPS) is 16.0. The third-order valence-electron chi connectivity index (χ3n) is 0.803. The van der Waals surface area contributed by atoms with Gasteiger partial charge in [-0.1, -0.05) is 11.2 Å². The Bertz CT molecular complexity index is 204. The first-order chi connectivity index (χ1) is 4.33. The van der Waals surface area contributed by atoms with Gasteiger partial charge in [-0.2, -0.15) is 4.99 Å². The van der Waals surface area contributed by atoms with E-state index >= 15 is 0 Å². The monoisotopic (exact) mass is 123 g/mol. The maximum Gasteiger partial charge on any atom is 0.387 e. The van der Waals surface area contributed by atoms with Crippen LogP contribution >= 0.6 is 0 Å². The molecule has 0 saturated carbocycles. The molecule has 0 unspecified atom stereocenters. The molecule has 0 aromatic heterocycles. The van der Waals surface area contributed by atoms with Crippen LogP contribution in [0.25, 0.3) is 0 Å². The molecule has 4 heteroatoms. The SMILES string of the molecule is C=CCC1=NC(=O)N=N1. The molecule has 0 atom stereocenters. The first-order valence-electron chi connectivity index (χ1n) is 2.47. The smallest absolute Gasteiger partial charge is 0.242 e. The summed E-state index contributed by atoms with van der Waals surface area (Å²) in [5, 5.41) is 6.63. The van der Waals surface area contributed by atoms with Gasteiger partial charge in [0.25, 0.3) is 0 Å². The summed E-state index contributed by atoms with van der Waals surface area (Å²) in [7, 11) is 0. The molecule has 9 heavy (non-hydrogen) atoms. The summed E-state index contributed by atoms with van der Waals surface area (Å²) in [6.07, 6.45) is 2.13. The lowest BCUT2D eigenvalue weighted by Crippen LogP contribution is -1.85. The Kier molecular flexibility index (Phi) is 1.48. The highest BCUT2D eigenvalue weighted by Crippen LogP contribution is 2.01. The molecule has 0 spiro atoms. The maximum absolute atomic E-state index is 10.2. The molecule has 0 aromatic rings. The molecule has 0 N–H and O–H groups in total. The van der Waals surface area contributed by atoms with E-state index in [0.29, 0.717) is 12.3 Å². The van der Waals surface area contributed by atoms with Gasteiger partial charge in [0.15, 0.2) is 5.84 Å². The Balaban J connectivity index is 2.63. The largest absolute Gasteiger partial charge is 0.387 e. The number of hydrogen-bond acceptors (Lipinski definition) is 2. The van der Waals surface area contributed by atoms with Gasteiger partial charge in [0.05, 0.1) is 0 Å². The van der Waals surface area contributed by atoms with Crippen LogP contribution in [0, 0.1) is 0 Å². The zero-order chi connectivity index (χ0) is 6.69. The van der Waals surface area contributed by atoms with Crippen LogP contribution in [0.1, 0.15) is 6.42 Å². The van der Waals surface area contributed by atoms with Crippen molar-refractivity contribution < 1.29 is 4.79 Å². The molecule has 0 radical (unpaired) electrons. The summed E-state index contributed by atoms with van der Waals surface area (Å²) in [6.45, 7) is 3.46. The van der Waals surface area contributed by atoms with Crippen LogP contribution in [0.2, 0.25) is 0 Å². The number of rotatable bonds is 2. The number of amides is 2. The lowest BCUT2D eigenvalue weighted by atomic mass is 10.4. The number of carbonyl (C=O) groups is 1. The third kappa shape index (κ3) is 1.28. The van der Waals surface area contributed by atoms with Crippen molar-refractivity contribution in [1.29, 1.82) is 0 Å². The molecule has 4 nitrogen and oxygen atoms in total. The van der Waals surface area contributed by atoms with E-state index in [1.807, 2.05) is 0 Å². The van der Waals surface area contributed by atoms with Crippen molar-refractivity contribution in [2.75, 3.05) is 0 Å². The Labute approximate surface area is 52.0 Å². The van der Waals surface area contributed by atoms with Gasteiger partial charge in [-0.25, -0.2) is 4.79 Å². The second-order valence-electron chi connectivity index (χ2n) is 1.50. The fraction of sp³-hybridized carbons (Fsp3) is 0.200. The molecule has 46 valence electrons. The number of azo groups is 1. The van der Waals surface area contributed by atoms with E-state index in [9.17, 15) is 4.79 Å². The van der Waals surface area contributed by atoms with Crippen molar-refractivity contribution in [2.24, 2.45) is 15.2 Å². The summed E-state index contributed by atoms with van der Waals surface area (Å²) < 4.78 is 0. The first kappa shape index (κ1) is 5.81. The molecular weight excluding hydrogens is 118 g/mol. The van der Waals surface area contributed by atoms with Gasteiger partial charge < -0.3 is 0 Å². The van der Waals surface area contributed by atoms with Crippen molar-refractivity contribution >= 4 is 11.9 Å². The number of amidine groups is 1. The first-order valence-corrected chi connectivity index (χ1v) is 2.47. The number of nitrogens with zero attached hydrogens (tertiary/aromatic N) is 3. The highest BCUT2D eigenvalue weighted by Gasteiger charge is 2.06. The summed E-state index contributed by atoms with van der Waals surface area (Å²) in [5.41, 5.74) is 0. The van der Waals surface area contributed by atoms with E-state index in [1.54, 1.807) is 6.08 Å². The van der Waals surface area contributed by atoms with Crippen molar-refractivity contribution in [3.05, 3.63) is 12.7 Å². The molecule has 0 fully saturated rings. The van der Waals surface area contributed by atoms with Crippen LogP contribution < -0.4 is 0 Å². The minimum absolute atomic E-state index is 0.440. The average Bonchev–Trinajstić information content (AvgIpc) is 2.17. The van der Waals surface area contributed by atoms with Gasteiger partial charge in [0.2, 0.25) is 0 Å². The van der Waals surface area contributed by atoms with E-state index in [1.165, 1.54) is 0 Å². The maximum atomic E-state index is 10.2. The van der Waals surface area contributed by atoms with Crippen LogP contribution in [0.4, 0.5) is 4.79 Å². The topological polar surface area (TPSA) is 54.1 Å². The molecule has 2 amide bonds.